The minimum Gasteiger partial charge on any atom is -0.362 e. The van der Waals surface area contributed by atoms with Gasteiger partial charge in [0.15, 0.2) is 5.11 Å². The van der Waals surface area contributed by atoms with Gasteiger partial charge in [0, 0.05) is 18.7 Å². The predicted octanol–water partition coefficient (Wildman–Crippen LogP) is 2.56. The number of rotatable bonds is 6. The van der Waals surface area contributed by atoms with Crippen molar-refractivity contribution in [3.05, 3.63) is 29.8 Å². The first-order chi connectivity index (χ1) is 10.6. The average Bonchev–Trinajstić information content (AvgIpc) is 2.53. The largest absolute Gasteiger partial charge is 0.362 e. The Balaban J connectivity index is 1.62. The van der Waals surface area contributed by atoms with Gasteiger partial charge in [-0.25, -0.2) is 0 Å². The summed E-state index contributed by atoms with van der Waals surface area (Å²) < 4.78 is 0. The summed E-state index contributed by atoms with van der Waals surface area (Å²) >= 11 is 5.36. The molecule has 0 bridgehead atoms. The molecule has 1 aromatic rings. The lowest BCUT2D eigenvalue weighted by Gasteiger charge is -2.23. The molecule has 1 saturated heterocycles. The van der Waals surface area contributed by atoms with Crippen LogP contribution in [0.5, 0.6) is 0 Å². The molecular formula is C18H30N3S+. The fraction of sp³-hybridized carbons (Fsp3) is 0.611. The van der Waals surface area contributed by atoms with Crippen LogP contribution >= 0.6 is 12.2 Å². The Morgan fingerprint density at radius 1 is 1.14 bits per heavy atom. The Bertz CT molecular complexity index is 450. The number of hydrogen-bond acceptors (Lipinski definition) is 1. The highest BCUT2D eigenvalue weighted by atomic mass is 32.1. The molecule has 0 amide bonds. The van der Waals surface area contributed by atoms with Crippen molar-refractivity contribution in [2.45, 2.75) is 45.4 Å². The Labute approximate surface area is 140 Å². The van der Waals surface area contributed by atoms with E-state index >= 15 is 0 Å². The number of likely N-dealkylation sites (tertiary alicyclic amines) is 1. The second-order valence-electron chi connectivity index (χ2n) is 6.57. The van der Waals surface area contributed by atoms with Crippen LogP contribution in [0.3, 0.4) is 0 Å². The molecule has 122 valence electrons. The second-order valence-corrected chi connectivity index (χ2v) is 6.98. The zero-order valence-electron chi connectivity index (χ0n) is 14.0. The normalized spacial score (nSPS) is 15.8. The SMILES string of the molecule is CC(C)c1ccc(NC(=S)NCCC[NH+]2CCCCC2)cc1. The molecule has 0 aliphatic carbocycles. The van der Waals surface area contributed by atoms with Crippen LogP contribution in [0.2, 0.25) is 0 Å². The molecule has 22 heavy (non-hydrogen) atoms. The predicted molar refractivity (Wildman–Crippen MR) is 98.8 cm³/mol. The van der Waals surface area contributed by atoms with Crippen LogP contribution in [0.25, 0.3) is 0 Å². The number of piperidine rings is 1. The summed E-state index contributed by atoms with van der Waals surface area (Å²) in [6.45, 7) is 9.34. The highest BCUT2D eigenvalue weighted by Gasteiger charge is 2.12. The fourth-order valence-electron chi connectivity index (χ4n) is 2.97. The van der Waals surface area contributed by atoms with E-state index in [0.717, 1.165) is 17.3 Å². The third-order valence-electron chi connectivity index (χ3n) is 4.39. The molecule has 1 fully saturated rings. The van der Waals surface area contributed by atoms with Crippen molar-refractivity contribution in [2.75, 3.05) is 31.5 Å². The molecule has 4 heteroatoms. The van der Waals surface area contributed by atoms with Crippen LogP contribution in [0.15, 0.2) is 24.3 Å². The molecule has 0 aromatic heterocycles. The molecular weight excluding hydrogens is 290 g/mol. The number of hydrogen-bond donors (Lipinski definition) is 3. The minimum absolute atomic E-state index is 0.566. The first kappa shape index (κ1) is 17.2. The average molecular weight is 321 g/mol. The maximum Gasteiger partial charge on any atom is 0.170 e. The van der Waals surface area contributed by atoms with E-state index in [2.05, 4.69) is 48.7 Å². The molecule has 0 atom stereocenters. The first-order valence-corrected chi connectivity index (χ1v) is 9.04. The molecule has 1 aromatic carbocycles. The van der Waals surface area contributed by atoms with Crippen molar-refractivity contribution in [1.29, 1.82) is 0 Å². The van der Waals surface area contributed by atoms with Crippen LogP contribution < -0.4 is 15.5 Å². The standard InChI is InChI=1S/C18H29N3S/c1-15(2)16-7-9-17(10-8-16)20-18(22)19-11-6-14-21-12-4-3-5-13-21/h7-10,15H,3-6,11-14H2,1-2H3,(H2,19,20,22)/p+1. The number of thiocarbonyl (C=S) groups is 1. The van der Waals surface area contributed by atoms with Crippen LogP contribution in [-0.4, -0.2) is 31.3 Å². The smallest absolute Gasteiger partial charge is 0.170 e. The number of benzene rings is 1. The Hall–Kier alpha value is -1.13. The van der Waals surface area contributed by atoms with Gasteiger partial charge < -0.3 is 15.5 Å². The first-order valence-electron chi connectivity index (χ1n) is 8.63. The summed E-state index contributed by atoms with van der Waals surface area (Å²) in [5.74, 6) is 0.566. The van der Waals surface area contributed by atoms with Gasteiger partial charge in [0.1, 0.15) is 0 Å². The van der Waals surface area contributed by atoms with E-state index < -0.39 is 0 Å². The summed E-state index contributed by atoms with van der Waals surface area (Å²) in [6, 6.07) is 8.52. The van der Waals surface area contributed by atoms with Crippen molar-refractivity contribution in [3.63, 3.8) is 0 Å². The topological polar surface area (TPSA) is 28.5 Å². The molecule has 0 saturated carbocycles. The van der Waals surface area contributed by atoms with Gasteiger partial charge in [0.25, 0.3) is 0 Å². The Kier molecular flexibility index (Phi) is 7.13. The van der Waals surface area contributed by atoms with Gasteiger partial charge in [-0.1, -0.05) is 26.0 Å². The molecule has 3 N–H and O–H groups in total. The summed E-state index contributed by atoms with van der Waals surface area (Å²) in [5, 5.41) is 7.30. The molecule has 0 radical (unpaired) electrons. The zero-order chi connectivity index (χ0) is 15.8. The number of quaternary nitrogens is 1. The lowest BCUT2D eigenvalue weighted by atomic mass is 10.0. The van der Waals surface area contributed by atoms with Gasteiger partial charge in [-0.15, -0.1) is 0 Å². The zero-order valence-corrected chi connectivity index (χ0v) is 14.8. The summed E-state index contributed by atoms with van der Waals surface area (Å²) in [4.78, 5) is 1.76. The quantitative estimate of drug-likeness (QED) is 0.556. The molecule has 0 spiro atoms. The van der Waals surface area contributed by atoms with Crippen molar-refractivity contribution in [2.24, 2.45) is 0 Å². The van der Waals surface area contributed by atoms with Crippen molar-refractivity contribution >= 4 is 23.0 Å². The molecule has 1 aliphatic heterocycles. The monoisotopic (exact) mass is 320 g/mol. The van der Waals surface area contributed by atoms with E-state index in [1.165, 1.54) is 50.9 Å². The van der Waals surface area contributed by atoms with Gasteiger partial charge in [-0.2, -0.15) is 0 Å². The van der Waals surface area contributed by atoms with Gasteiger partial charge in [-0.3, -0.25) is 0 Å². The molecule has 1 heterocycles. The summed E-state index contributed by atoms with van der Waals surface area (Å²) in [6.07, 6.45) is 5.40. The van der Waals surface area contributed by atoms with Crippen LogP contribution in [0, 0.1) is 0 Å². The Morgan fingerprint density at radius 2 is 1.82 bits per heavy atom. The van der Waals surface area contributed by atoms with Crippen molar-refractivity contribution in [1.82, 2.24) is 5.32 Å². The molecule has 3 nitrogen and oxygen atoms in total. The second kappa shape index (κ2) is 9.11. The van der Waals surface area contributed by atoms with E-state index in [-0.39, 0.29) is 0 Å². The molecule has 1 aliphatic rings. The van der Waals surface area contributed by atoms with Gasteiger partial charge in [0.05, 0.1) is 19.6 Å². The number of nitrogens with one attached hydrogen (secondary N) is 3. The van der Waals surface area contributed by atoms with Gasteiger partial charge in [-0.05, 0) is 55.1 Å². The fourth-order valence-corrected chi connectivity index (χ4v) is 3.19. The summed E-state index contributed by atoms with van der Waals surface area (Å²) in [5.41, 5.74) is 2.41. The van der Waals surface area contributed by atoms with E-state index in [1.54, 1.807) is 4.90 Å². The van der Waals surface area contributed by atoms with Crippen molar-refractivity contribution < 1.29 is 4.90 Å². The number of anilines is 1. The van der Waals surface area contributed by atoms with E-state index in [0.29, 0.717) is 5.92 Å². The maximum absolute atomic E-state index is 5.36. The van der Waals surface area contributed by atoms with Crippen molar-refractivity contribution in [3.8, 4) is 0 Å². The van der Waals surface area contributed by atoms with Crippen LogP contribution in [0.4, 0.5) is 5.69 Å². The summed E-state index contributed by atoms with van der Waals surface area (Å²) in [7, 11) is 0. The third kappa shape index (κ3) is 5.93. The minimum atomic E-state index is 0.566. The molecule has 0 unspecified atom stereocenters. The maximum atomic E-state index is 5.36. The van der Waals surface area contributed by atoms with E-state index in [4.69, 9.17) is 12.2 Å². The Morgan fingerprint density at radius 3 is 2.45 bits per heavy atom. The van der Waals surface area contributed by atoms with Crippen LogP contribution in [-0.2, 0) is 0 Å². The third-order valence-corrected chi connectivity index (χ3v) is 4.63. The van der Waals surface area contributed by atoms with E-state index in [1.807, 2.05) is 0 Å². The highest BCUT2D eigenvalue weighted by Crippen LogP contribution is 2.16. The lowest BCUT2D eigenvalue weighted by molar-refractivity contribution is -0.904. The van der Waals surface area contributed by atoms with Gasteiger partial charge >= 0.3 is 0 Å². The van der Waals surface area contributed by atoms with Crippen LogP contribution in [0.1, 0.15) is 51.0 Å². The molecule has 2 rings (SSSR count). The van der Waals surface area contributed by atoms with E-state index in [9.17, 15) is 0 Å². The lowest BCUT2D eigenvalue weighted by Crippen LogP contribution is -3.12. The van der Waals surface area contributed by atoms with Gasteiger partial charge in [0.2, 0.25) is 0 Å². The highest BCUT2D eigenvalue weighted by molar-refractivity contribution is 7.80.